The summed E-state index contributed by atoms with van der Waals surface area (Å²) in [5, 5.41) is 3.11. The molecule has 1 aliphatic carbocycles. The van der Waals surface area contributed by atoms with E-state index < -0.39 is 0 Å². The molecule has 0 amide bonds. The summed E-state index contributed by atoms with van der Waals surface area (Å²) in [5.74, 6) is 1.54. The molecule has 0 spiro atoms. The highest BCUT2D eigenvalue weighted by molar-refractivity contribution is 6.05. The standard InChI is InChI=1S/C15H21NO3/c1-10-12(18-3)6-5-11(13(10)19-4)14(17)15(7-8-15)9-16-2/h5-6,16H,7-9H2,1-4H3. The summed E-state index contributed by atoms with van der Waals surface area (Å²) in [4.78, 5) is 12.7. The Bertz CT molecular complexity index is 492. The number of hydrogen-bond donors (Lipinski definition) is 1. The second kappa shape index (κ2) is 5.21. The van der Waals surface area contributed by atoms with Crippen LogP contribution in [0, 0.1) is 12.3 Å². The van der Waals surface area contributed by atoms with Crippen LogP contribution in [0.2, 0.25) is 0 Å². The third kappa shape index (κ3) is 2.32. The van der Waals surface area contributed by atoms with Crippen LogP contribution in [-0.4, -0.2) is 33.6 Å². The van der Waals surface area contributed by atoms with Crippen LogP contribution >= 0.6 is 0 Å². The fourth-order valence-corrected chi connectivity index (χ4v) is 2.60. The molecule has 1 N–H and O–H groups in total. The molecule has 0 aromatic heterocycles. The van der Waals surface area contributed by atoms with Crippen molar-refractivity contribution in [2.75, 3.05) is 27.8 Å². The smallest absolute Gasteiger partial charge is 0.174 e. The van der Waals surface area contributed by atoms with Crippen molar-refractivity contribution >= 4 is 5.78 Å². The summed E-state index contributed by atoms with van der Waals surface area (Å²) in [7, 11) is 5.09. The molecule has 1 fully saturated rings. The lowest BCUT2D eigenvalue weighted by Crippen LogP contribution is -2.28. The molecule has 0 aliphatic heterocycles. The van der Waals surface area contributed by atoms with Crippen LogP contribution in [0.1, 0.15) is 28.8 Å². The third-order valence-electron chi connectivity index (χ3n) is 3.88. The second-order valence-electron chi connectivity index (χ2n) is 5.11. The third-order valence-corrected chi connectivity index (χ3v) is 3.88. The number of methoxy groups -OCH3 is 2. The Morgan fingerprint density at radius 1 is 1.32 bits per heavy atom. The van der Waals surface area contributed by atoms with Crippen molar-refractivity contribution in [2.24, 2.45) is 5.41 Å². The number of ether oxygens (including phenoxy) is 2. The van der Waals surface area contributed by atoms with Crippen molar-refractivity contribution in [3.63, 3.8) is 0 Å². The zero-order chi connectivity index (χ0) is 14.0. The lowest BCUT2D eigenvalue weighted by atomic mass is 9.92. The SMILES string of the molecule is CNCC1(C(=O)c2ccc(OC)c(C)c2OC)CC1. The largest absolute Gasteiger partial charge is 0.496 e. The fourth-order valence-electron chi connectivity index (χ4n) is 2.60. The summed E-state index contributed by atoms with van der Waals surface area (Å²) < 4.78 is 10.7. The molecule has 1 saturated carbocycles. The first-order valence-corrected chi connectivity index (χ1v) is 6.50. The maximum atomic E-state index is 12.7. The zero-order valence-corrected chi connectivity index (χ0v) is 12.0. The summed E-state index contributed by atoms with van der Waals surface area (Å²) in [6.07, 6.45) is 1.89. The van der Waals surface area contributed by atoms with Crippen LogP contribution < -0.4 is 14.8 Å². The molecule has 2 rings (SSSR count). The topological polar surface area (TPSA) is 47.6 Å². The van der Waals surface area contributed by atoms with Crippen molar-refractivity contribution in [3.8, 4) is 11.5 Å². The molecule has 19 heavy (non-hydrogen) atoms. The van der Waals surface area contributed by atoms with Crippen molar-refractivity contribution in [2.45, 2.75) is 19.8 Å². The van der Waals surface area contributed by atoms with Gasteiger partial charge < -0.3 is 14.8 Å². The molecule has 0 heterocycles. The van der Waals surface area contributed by atoms with Crippen molar-refractivity contribution in [3.05, 3.63) is 23.3 Å². The van der Waals surface area contributed by atoms with E-state index in [1.54, 1.807) is 14.2 Å². The van der Waals surface area contributed by atoms with Gasteiger partial charge in [0.25, 0.3) is 0 Å². The van der Waals surface area contributed by atoms with E-state index in [2.05, 4.69) is 5.32 Å². The van der Waals surface area contributed by atoms with E-state index in [4.69, 9.17) is 9.47 Å². The molecule has 4 heteroatoms. The molecule has 1 aromatic carbocycles. The van der Waals surface area contributed by atoms with Gasteiger partial charge in [-0.2, -0.15) is 0 Å². The van der Waals surface area contributed by atoms with Gasteiger partial charge >= 0.3 is 0 Å². The fraction of sp³-hybridized carbons (Fsp3) is 0.533. The van der Waals surface area contributed by atoms with E-state index in [1.807, 2.05) is 26.1 Å². The minimum atomic E-state index is -0.233. The lowest BCUT2D eigenvalue weighted by Gasteiger charge is -2.18. The summed E-state index contributed by atoms with van der Waals surface area (Å²) in [5.41, 5.74) is 1.30. The highest BCUT2D eigenvalue weighted by Gasteiger charge is 2.50. The highest BCUT2D eigenvalue weighted by Crippen LogP contribution is 2.49. The molecule has 104 valence electrons. The van der Waals surface area contributed by atoms with Crippen LogP contribution in [0.3, 0.4) is 0 Å². The van der Waals surface area contributed by atoms with Gasteiger partial charge in [-0.15, -0.1) is 0 Å². The number of hydrogen-bond acceptors (Lipinski definition) is 4. The van der Waals surface area contributed by atoms with Crippen LogP contribution in [-0.2, 0) is 0 Å². The van der Waals surface area contributed by atoms with Gasteiger partial charge in [0.2, 0.25) is 0 Å². The van der Waals surface area contributed by atoms with Gasteiger partial charge in [0.15, 0.2) is 5.78 Å². The van der Waals surface area contributed by atoms with Crippen LogP contribution in [0.15, 0.2) is 12.1 Å². The Labute approximate surface area is 114 Å². The van der Waals surface area contributed by atoms with Gasteiger partial charge in [0.05, 0.1) is 19.8 Å². The van der Waals surface area contributed by atoms with Gasteiger partial charge in [-0.1, -0.05) is 0 Å². The Morgan fingerprint density at radius 3 is 2.47 bits per heavy atom. The molecule has 0 unspecified atom stereocenters. The van der Waals surface area contributed by atoms with Crippen molar-refractivity contribution in [1.29, 1.82) is 0 Å². The summed E-state index contributed by atoms with van der Waals surface area (Å²) in [6, 6.07) is 3.64. The van der Waals surface area contributed by atoms with Gasteiger partial charge in [0.1, 0.15) is 11.5 Å². The van der Waals surface area contributed by atoms with E-state index in [9.17, 15) is 4.79 Å². The molecule has 0 saturated heterocycles. The quantitative estimate of drug-likeness (QED) is 0.799. The number of carbonyl (C=O) groups is 1. The molecule has 0 atom stereocenters. The maximum Gasteiger partial charge on any atom is 0.174 e. The van der Waals surface area contributed by atoms with Crippen LogP contribution in [0.4, 0.5) is 0 Å². The Balaban J connectivity index is 2.40. The number of ketones is 1. The van der Waals surface area contributed by atoms with E-state index in [-0.39, 0.29) is 11.2 Å². The first-order chi connectivity index (χ1) is 9.09. The molecular formula is C15H21NO3. The monoisotopic (exact) mass is 263 g/mol. The second-order valence-corrected chi connectivity index (χ2v) is 5.11. The average molecular weight is 263 g/mol. The first kappa shape index (κ1) is 13.9. The molecular weight excluding hydrogens is 242 g/mol. The summed E-state index contributed by atoms with van der Waals surface area (Å²) in [6.45, 7) is 2.63. The van der Waals surface area contributed by atoms with Crippen molar-refractivity contribution < 1.29 is 14.3 Å². The van der Waals surface area contributed by atoms with Crippen LogP contribution in [0.25, 0.3) is 0 Å². The van der Waals surface area contributed by atoms with E-state index >= 15 is 0 Å². The van der Waals surface area contributed by atoms with Gasteiger partial charge in [0, 0.05) is 17.5 Å². The molecule has 1 aromatic rings. The first-order valence-electron chi connectivity index (χ1n) is 6.50. The number of rotatable bonds is 6. The van der Waals surface area contributed by atoms with E-state index in [0.29, 0.717) is 11.3 Å². The van der Waals surface area contributed by atoms with Crippen molar-refractivity contribution in [1.82, 2.24) is 5.32 Å². The highest BCUT2D eigenvalue weighted by atomic mass is 16.5. The molecule has 4 nitrogen and oxygen atoms in total. The predicted molar refractivity (Wildman–Crippen MR) is 74.2 cm³/mol. The number of benzene rings is 1. The van der Waals surface area contributed by atoms with Gasteiger partial charge in [-0.05, 0) is 38.9 Å². The van der Waals surface area contributed by atoms with E-state index in [0.717, 1.165) is 30.7 Å². The maximum absolute atomic E-state index is 12.7. The van der Waals surface area contributed by atoms with Gasteiger partial charge in [-0.3, -0.25) is 4.79 Å². The molecule has 1 aliphatic rings. The Hall–Kier alpha value is -1.55. The predicted octanol–water partition coefficient (Wildman–Crippen LogP) is 2.19. The number of carbonyl (C=O) groups excluding carboxylic acids is 1. The molecule has 0 radical (unpaired) electrons. The Morgan fingerprint density at radius 2 is 2.00 bits per heavy atom. The van der Waals surface area contributed by atoms with Gasteiger partial charge in [-0.25, -0.2) is 0 Å². The van der Waals surface area contributed by atoms with Crippen LogP contribution in [0.5, 0.6) is 11.5 Å². The minimum absolute atomic E-state index is 0.171. The molecule has 0 bridgehead atoms. The average Bonchev–Trinajstić information content (AvgIpc) is 3.19. The van der Waals surface area contributed by atoms with E-state index in [1.165, 1.54) is 0 Å². The summed E-state index contributed by atoms with van der Waals surface area (Å²) >= 11 is 0. The zero-order valence-electron chi connectivity index (χ0n) is 12.0. The normalized spacial score (nSPS) is 16.0. The number of nitrogens with one attached hydrogen (secondary N) is 1. The minimum Gasteiger partial charge on any atom is -0.496 e. The Kier molecular flexibility index (Phi) is 3.80. The number of Topliss-reactive ketones (excluding diaryl/α,β-unsaturated/α-hetero) is 1. The lowest BCUT2D eigenvalue weighted by molar-refractivity contribution is 0.0897.